The van der Waals surface area contributed by atoms with E-state index in [2.05, 4.69) is 21.9 Å². The van der Waals surface area contributed by atoms with Crippen molar-refractivity contribution in [2.75, 3.05) is 11.5 Å². The van der Waals surface area contributed by atoms with Gasteiger partial charge in [-0.05, 0) is 6.42 Å². The largest absolute Gasteiger partial charge is 0.368 e. The number of nitrogen functional groups attached to an aromatic ring is 2. The highest BCUT2D eigenvalue weighted by Gasteiger charge is 2.01. The second-order valence-electron chi connectivity index (χ2n) is 4.69. The summed E-state index contributed by atoms with van der Waals surface area (Å²) in [5.74, 6) is 1.15. The summed E-state index contributed by atoms with van der Waals surface area (Å²) in [4.78, 5) is 11.9. The molecule has 18 heavy (non-hydrogen) atoms. The highest BCUT2D eigenvalue weighted by molar-refractivity contribution is 5.25. The smallest absolute Gasteiger partial charge is 0.225 e. The number of aromatic nitrogens is 3. The van der Waals surface area contributed by atoms with E-state index in [1.807, 2.05) is 0 Å². The van der Waals surface area contributed by atoms with Crippen LogP contribution in [0.3, 0.4) is 0 Å². The van der Waals surface area contributed by atoms with Gasteiger partial charge in [-0.15, -0.1) is 0 Å². The minimum absolute atomic E-state index is 0.220. The van der Waals surface area contributed by atoms with Gasteiger partial charge in [0.2, 0.25) is 11.9 Å². The molecule has 0 fully saturated rings. The van der Waals surface area contributed by atoms with Crippen molar-refractivity contribution >= 4 is 11.9 Å². The van der Waals surface area contributed by atoms with E-state index in [9.17, 15) is 0 Å². The van der Waals surface area contributed by atoms with E-state index >= 15 is 0 Å². The molecule has 0 bridgehead atoms. The van der Waals surface area contributed by atoms with Crippen molar-refractivity contribution in [2.45, 2.75) is 64.7 Å². The summed E-state index contributed by atoms with van der Waals surface area (Å²) in [6, 6.07) is 0. The second kappa shape index (κ2) is 8.66. The Kier molecular flexibility index (Phi) is 7.06. The van der Waals surface area contributed by atoms with Gasteiger partial charge < -0.3 is 11.5 Å². The monoisotopic (exact) mass is 251 g/mol. The van der Waals surface area contributed by atoms with Crippen molar-refractivity contribution < 1.29 is 0 Å². The molecule has 0 aliphatic heterocycles. The minimum atomic E-state index is 0.220. The van der Waals surface area contributed by atoms with E-state index in [0.717, 1.165) is 12.8 Å². The lowest BCUT2D eigenvalue weighted by Gasteiger charge is -2.03. The van der Waals surface area contributed by atoms with Gasteiger partial charge in [-0.25, -0.2) is 0 Å². The van der Waals surface area contributed by atoms with Crippen LogP contribution in [0.5, 0.6) is 0 Å². The lowest BCUT2D eigenvalue weighted by Crippen LogP contribution is -2.06. The average molecular weight is 251 g/mol. The molecule has 0 saturated carbocycles. The third kappa shape index (κ3) is 6.37. The molecule has 0 aromatic carbocycles. The van der Waals surface area contributed by atoms with Crippen molar-refractivity contribution in [3.63, 3.8) is 0 Å². The van der Waals surface area contributed by atoms with Gasteiger partial charge >= 0.3 is 0 Å². The zero-order chi connectivity index (χ0) is 13.2. The molecule has 0 spiro atoms. The van der Waals surface area contributed by atoms with Gasteiger partial charge in [0.1, 0.15) is 5.82 Å². The molecule has 1 aromatic heterocycles. The summed E-state index contributed by atoms with van der Waals surface area (Å²) in [6.07, 6.45) is 11.2. The van der Waals surface area contributed by atoms with Gasteiger partial charge in [-0.3, -0.25) is 0 Å². The van der Waals surface area contributed by atoms with E-state index in [-0.39, 0.29) is 11.9 Å². The van der Waals surface area contributed by atoms with Crippen LogP contribution >= 0.6 is 0 Å². The van der Waals surface area contributed by atoms with E-state index in [4.69, 9.17) is 11.5 Å². The molecule has 0 saturated heterocycles. The molecule has 0 aliphatic carbocycles. The Bertz CT molecular complexity index is 320. The van der Waals surface area contributed by atoms with Crippen LogP contribution in [0.2, 0.25) is 0 Å². The maximum atomic E-state index is 5.52. The predicted molar refractivity (Wildman–Crippen MR) is 75.0 cm³/mol. The fourth-order valence-corrected chi connectivity index (χ4v) is 1.99. The molecule has 0 aliphatic rings. The molecular weight excluding hydrogens is 226 g/mol. The summed E-state index contributed by atoms with van der Waals surface area (Å²) < 4.78 is 0. The summed E-state index contributed by atoms with van der Waals surface area (Å²) in [5, 5.41) is 0. The minimum Gasteiger partial charge on any atom is -0.368 e. The predicted octanol–water partition coefficient (Wildman–Crippen LogP) is 2.72. The second-order valence-corrected chi connectivity index (χ2v) is 4.69. The first-order valence-corrected chi connectivity index (χ1v) is 6.98. The van der Waals surface area contributed by atoms with Crippen LogP contribution in [-0.2, 0) is 6.42 Å². The zero-order valence-corrected chi connectivity index (χ0v) is 11.4. The topological polar surface area (TPSA) is 90.7 Å². The normalized spacial score (nSPS) is 10.7. The van der Waals surface area contributed by atoms with Crippen LogP contribution < -0.4 is 11.5 Å². The van der Waals surface area contributed by atoms with Crippen LogP contribution in [0.15, 0.2) is 0 Å². The third-order valence-electron chi connectivity index (χ3n) is 2.97. The highest BCUT2D eigenvalue weighted by atomic mass is 15.1. The first-order valence-electron chi connectivity index (χ1n) is 6.98. The molecule has 0 atom stereocenters. The van der Waals surface area contributed by atoms with Gasteiger partial charge in [0.05, 0.1) is 0 Å². The van der Waals surface area contributed by atoms with E-state index < -0.39 is 0 Å². The van der Waals surface area contributed by atoms with Crippen molar-refractivity contribution in [3.05, 3.63) is 5.82 Å². The van der Waals surface area contributed by atoms with Crippen LogP contribution in [0.25, 0.3) is 0 Å². The maximum Gasteiger partial charge on any atom is 0.225 e. The fourth-order valence-electron chi connectivity index (χ4n) is 1.99. The molecule has 0 unspecified atom stereocenters. The summed E-state index contributed by atoms with van der Waals surface area (Å²) in [6.45, 7) is 2.24. The van der Waals surface area contributed by atoms with Gasteiger partial charge in [0, 0.05) is 6.42 Å². The number of nitrogens with two attached hydrogens (primary N) is 2. The van der Waals surface area contributed by atoms with Crippen LogP contribution in [0, 0.1) is 0 Å². The molecule has 0 amide bonds. The number of aryl methyl sites for hydroxylation is 1. The van der Waals surface area contributed by atoms with Gasteiger partial charge in [-0.2, -0.15) is 15.0 Å². The lowest BCUT2D eigenvalue weighted by atomic mass is 10.1. The number of nitrogens with zero attached hydrogens (tertiary/aromatic N) is 3. The van der Waals surface area contributed by atoms with Gasteiger partial charge in [0.25, 0.3) is 0 Å². The molecule has 4 N–H and O–H groups in total. The Balaban J connectivity index is 2.07. The van der Waals surface area contributed by atoms with Crippen LogP contribution in [0.1, 0.15) is 64.1 Å². The molecule has 1 heterocycles. The van der Waals surface area contributed by atoms with Gasteiger partial charge in [0.15, 0.2) is 0 Å². The van der Waals surface area contributed by atoms with Gasteiger partial charge in [-0.1, -0.05) is 51.9 Å². The number of rotatable bonds is 9. The Morgan fingerprint density at radius 1 is 0.722 bits per heavy atom. The molecule has 0 radical (unpaired) electrons. The molecule has 102 valence electrons. The molecule has 1 rings (SSSR count). The molecule has 1 aromatic rings. The lowest BCUT2D eigenvalue weighted by molar-refractivity contribution is 0.572. The first kappa shape index (κ1) is 14.7. The number of anilines is 2. The summed E-state index contributed by atoms with van der Waals surface area (Å²) in [5.41, 5.74) is 11.0. The van der Waals surface area contributed by atoms with Crippen molar-refractivity contribution in [1.29, 1.82) is 0 Å². The number of hydrogen-bond donors (Lipinski definition) is 2. The summed E-state index contributed by atoms with van der Waals surface area (Å²) in [7, 11) is 0. The fraction of sp³-hybridized carbons (Fsp3) is 0.769. The van der Waals surface area contributed by atoms with Crippen molar-refractivity contribution in [2.24, 2.45) is 0 Å². The molecular formula is C13H25N5. The maximum absolute atomic E-state index is 5.52. The Hall–Kier alpha value is -1.39. The first-order chi connectivity index (χ1) is 8.72. The van der Waals surface area contributed by atoms with E-state index in [1.54, 1.807) is 0 Å². The van der Waals surface area contributed by atoms with Crippen LogP contribution in [0.4, 0.5) is 11.9 Å². The standard InChI is InChI=1S/C13H25N5/c1-2-3-4-5-6-7-8-9-10-11-16-12(14)18-13(15)17-11/h2-10H2,1H3,(H4,14,15,16,17,18). The SMILES string of the molecule is CCCCCCCCCCc1nc(N)nc(N)n1. The third-order valence-corrected chi connectivity index (χ3v) is 2.97. The highest BCUT2D eigenvalue weighted by Crippen LogP contribution is 2.10. The van der Waals surface area contributed by atoms with Crippen molar-refractivity contribution in [3.8, 4) is 0 Å². The van der Waals surface area contributed by atoms with Crippen molar-refractivity contribution in [1.82, 2.24) is 15.0 Å². The summed E-state index contributed by atoms with van der Waals surface area (Å²) >= 11 is 0. The molecule has 5 heteroatoms. The number of unbranched alkanes of at least 4 members (excludes halogenated alkanes) is 7. The average Bonchev–Trinajstić information content (AvgIpc) is 2.31. The zero-order valence-electron chi connectivity index (χ0n) is 11.4. The van der Waals surface area contributed by atoms with Crippen LogP contribution in [-0.4, -0.2) is 15.0 Å². The van der Waals surface area contributed by atoms with E-state index in [1.165, 1.54) is 44.9 Å². The number of hydrogen-bond acceptors (Lipinski definition) is 5. The Morgan fingerprint density at radius 3 is 1.78 bits per heavy atom. The Labute approximate surface area is 109 Å². The van der Waals surface area contributed by atoms with E-state index in [0.29, 0.717) is 5.82 Å². The molecule has 5 nitrogen and oxygen atoms in total. The quantitative estimate of drug-likeness (QED) is 0.658. The Morgan fingerprint density at radius 2 is 1.22 bits per heavy atom.